The molecule has 0 aliphatic rings. The van der Waals surface area contributed by atoms with E-state index in [1.807, 2.05) is 31.2 Å². The van der Waals surface area contributed by atoms with Crippen molar-refractivity contribution in [1.82, 2.24) is 14.8 Å². The lowest BCUT2D eigenvalue weighted by atomic mass is 10.1. The summed E-state index contributed by atoms with van der Waals surface area (Å²) in [4.78, 5) is 16.3. The van der Waals surface area contributed by atoms with Crippen LogP contribution in [0.1, 0.15) is 31.5 Å². The van der Waals surface area contributed by atoms with E-state index < -0.39 is 0 Å². The maximum Gasteiger partial charge on any atom is 0.249 e. The topological polar surface area (TPSA) is 47.8 Å². The van der Waals surface area contributed by atoms with Crippen LogP contribution in [0.15, 0.2) is 36.7 Å². The summed E-state index contributed by atoms with van der Waals surface area (Å²) >= 11 is 0. The van der Waals surface area contributed by atoms with Crippen molar-refractivity contribution in [3.8, 4) is 11.4 Å². The van der Waals surface area contributed by atoms with E-state index in [4.69, 9.17) is 0 Å². The lowest BCUT2D eigenvalue weighted by molar-refractivity contribution is 0.0821. The third-order valence-corrected chi connectivity index (χ3v) is 2.89. The van der Waals surface area contributed by atoms with Gasteiger partial charge in [0.2, 0.25) is 5.91 Å². The quantitative estimate of drug-likeness (QED) is 0.829. The molecule has 0 spiro atoms. The molecule has 0 aromatic carbocycles. The first kappa shape index (κ1) is 12.5. The van der Waals surface area contributed by atoms with Crippen molar-refractivity contribution in [2.24, 2.45) is 5.92 Å². The summed E-state index contributed by atoms with van der Waals surface area (Å²) < 4.78 is 1.42. The highest BCUT2D eigenvalue weighted by molar-refractivity contribution is 5.80. The molecule has 0 radical (unpaired) electrons. The minimum absolute atomic E-state index is 0.00600. The van der Waals surface area contributed by atoms with Gasteiger partial charge in [0.15, 0.2) is 0 Å². The Balaban J connectivity index is 2.18. The van der Waals surface area contributed by atoms with Crippen molar-refractivity contribution < 1.29 is 4.79 Å². The van der Waals surface area contributed by atoms with Gasteiger partial charge in [-0.25, -0.2) is 4.68 Å². The zero-order valence-corrected chi connectivity index (χ0v) is 10.7. The molecule has 0 bridgehead atoms. The number of aromatic nitrogens is 3. The van der Waals surface area contributed by atoms with Crippen LogP contribution in [0.5, 0.6) is 0 Å². The van der Waals surface area contributed by atoms with E-state index in [9.17, 15) is 4.79 Å². The number of hydrogen-bond acceptors (Lipinski definition) is 3. The second-order valence-electron chi connectivity index (χ2n) is 4.39. The van der Waals surface area contributed by atoms with Crippen LogP contribution in [0, 0.1) is 5.92 Å². The summed E-state index contributed by atoms with van der Waals surface area (Å²) in [5.41, 5.74) is 1.51. The van der Waals surface area contributed by atoms with Gasteiger partial charge in [-0.2, -0.15) is 5.10 Å². The summed E-state index contributed by atoms with van der Waals surface area (Å²) in [7, 11) is 0. The second kappa shape index (κ2) is 5.58. The van der Waals surface area contributed by atoms with Gasteiger partial charge in [0, 0.05) is 18.3 Å². The highest BCUT2D eigenvalue weighted by Crippen LogP contribution is 2.14. The first-order valence-corrected chi connectivity index (χ1v) is 6.23. The van der Waals surface area contributed by atoms with Gasteiger partial charge in [-0.05, 0) is 24.6 Å². The van der Waals surface area contributed by atoms with E-state index in [2.05, 4.69) is 17.0 Å². The Morgan fingerprint density at radius 3 is 2.83 bits per heavy atom. The van der Waals surface area contributed by atoms with Crippen LogP contribution in [0.25, 0.3) is 11.4 Å². The molecule has 0 saturated carbocycles. The van der Waals surface area contributed by atoms with Crippen molar-refractivity contribution in [1.29, 1.82) is 0 Å². The predicted molar refractivity (Wildman–Crippen MR) is 70.2 cm³/mol. The molecule has 0 fully saturated rings. The Kier molecular flexibility index (Phi) is 3.87. The largest absolute Gasteiger partial charge is 0.272 e. The third kappa shape index (κ3) is 2.64. The molecular formula is C14H17N3O. The van der Waals surface area contributed by atoms with Crippen molar-refractivity contribution in [2.45, 2.75) is 26.7 Å². The van der Waals surface area contributed by atoms with Gasteiger partial charge < -0.3 is 0 Å². The molecule has 18 heavy (non-hydrogen) atoms. The predicted octanol–water partition coefficient (Wildman–Crippen LogP) is 3.02. The van der Waals surface area contributed by atoms with Gasteiger partial charge in [-0.1, -0.05) is 26.3 Å². The van der Waals surface area contributed by atoms with E-state index in [1.165, 1.54) is 4.68 Å². The molecule has 4 nitrogen and oxygen atoms in total. The SMILES string of the molecule is CCC[C@H](C)C(=O)n1ccc(-c2ccccn2)n1. The molecule has 0 amide bonds. The summed E-state index contributed by atoms with van der Waals surface area (Å²) in [6.07, 6.45) is 5.31. The molecule has 0 N–H and O–H groups in total. The average molecular weight is 243 g/mol. The van der Waals surface area contributed by atoms with E-state index in [0.717, 1.165) is 24.2 Å². The van der Waals surface area contributed by atoms with Gasteiger partial charge in [0.05, 0.1) is 5.69 Å². The second-order valence-corrected chi connectivity index (χ2v) is 4.39. The van der Waals surface area contributed by atoms with Crippen LogP contribution in [-0.2, 0) is 0 Å². The molecule has 2 aromatic heterocycles. The number of rotatable bonds is 4. The van der Waals surface area contributed by atoms with E-state index in [-0.39, 0.29) is 11.8 Å². The minimum atomic E-state index is 0.00600. The zero-order valence-electron chi connectivity index (χ0n) is 10.7. The molecule has 4 heteroatoms. The Hall–Kier alpha value is -1.97. The molecule has 94 valence electrons. The average Bonchev–Trinajstić information content (AvgIpc) is 2.89. The Labute approximate surface area is 107 Å². The first-order valence-electron chi connectivity index (χ1n) is 6.23. The van der Waals surface area contributed by atoms with Crippen LogP contribution in [-0.4, -0.2) is 20.7 Å². The fraction of sp³-hybridized carbons (Fsp3) is 0.357. The molecular weight excluding hydrogens is 226 g/mol. The molecule has 0 unspecified atom stereocenters. The lowest BCUT2D eigenvalue weighted by Gasteiger charge is -2.07. The summed E-state index contributed by atoms with van der Waals surface area (Å²) in [6, 6.07) is 7.46. The van der Waals surface area contributed by atoms with Gasteiger partial charge in [-0.3, -0.25) is 9.78 Å². The summed E-state index contributed by atoms with van der Waals surface area (Å²) in [5.74, 6) is 0.0468. The summed E-state index contributed by atoms with van der Waals surface area (Å²) in [5, 5.41) is 4.29. The zero-order chi connectivity index (χ0) is 13.0. The first-order chi connectivity index (χ1) is 8.72. The molecule has 0 saturated heterocycles. The maximum absolute atomic E-state index is 12.1. The van der Waals surface area contributed by atoms with Crippen LogP contribution in [0.4, 0.5) is 0 Å². The van der Waals surface area contributed by atoms with Crippen LogP contribution in [0.2, 0.25) is 0 Å². The molecule has 2 heterocycles. The van der Waals surface area contributed by atoms with Crippen molar-refractivity contribution >= 4 is 5.91 Å². The van der Waals surface area contributed by atoms with Crippen molar-refractivity contribution in [3.63, 3.8) is 0 Å². The molecule has 2 aromatic rings. The number of carbonyl (C=O) groups is 1. The van der Waals surface area contributed by atoms with Gasteiger partial charge in [-0.15, -0.1) is 0 Å². The molecule has 1 atom stereocenters. The van der Waals surface area contributed by atoms with Crippen LogP contribution in [0.3, 0.4) is 0 Å². The summed E-state index contributed by atoms with van der Waals surface area (Å²) in [6.45, 7) is 4.01. The van der Waals surface area contributed by atoms with Gasteiger partial charge in [0.1, 0.15) is 5.69 Å². The molecule has 2 rings (SSSR count). The van der Waals surface area contributed by atoms with Gasteiger partial charge >= 0.3 is 0 Å². The monoisotopic (exact) mass is 243 g/mol. The third-order valence-electron chi connectivity index (χ3n) is 2.89. The highest BCUT2D eigenvalue weighted by Gasteiger charge is 2.15. The van der Waals surface area contributed by atoms with Gasteiger partial charge in [0.25, 0.3) is 0 Å². The molecule has 0 aliphatic heterocycles. The van der Waals surface area contributed by atoms with Crippen molar-refractivity contribution in [3.05, 3.63) is 36.7 Å². The lowest BCUT2D eigenvalue weighted by Crippen LogP contribution is -2.19. The maximum atomic E-state index is 12.1. The number of nitrogens with zero attached hydrogens (tertiary/aromatic N) is 3. The number of hydrogen-bond donors (Lipinski definition) is 0. The Bertz CT molecular complexity index is 519. The minimum Gasteiger partial charge on any atom is -0.272 e. The van der Waals surface area contributed by atoms with Crippen LogP contribution < -0.4 is 0 Å². The Morgan fingerprint density at radius 2 is 2.17 bits per heavy atom. The number of pyridine rings is 1. The fourth-order valence-electron chi connectivity index (χ4n) is 1.88. The number of carbonyl (C=O) groups excluding carboxylic acids is 1. The Morgan fingerprint density at radius 1 is 1.33 bits per heavy atom. The fourth-order valence-corrected chi connectivity index (χ4v) is 1.88. The van der Waals surface area contributed by atoms with E-state index in [1.54, 1.807) is 12.4 Å². The van der Waals surface area contributed by atoms with E-state index >= 15 is 0 Å². The highest BCUT2D eigenvalue weighted by atomic mass is 16.2. The van der Waals surface area contributed by atoms with Crippen molar-refractivity contribution in [2.75, 3.05) is 0 Å². The smallest absolute Gasteiger partial charge is 0.249 e. The van der Waals surface area contributed by atoms with Crippen LogP contribution >= 0.6 is 0 Å². The standard InChI is InChI=1S/C14H17N3O/c1-3-6-11(2)14(18)17-10-8-13(16-17)12-7-4-5-9-15-12/h4-5,7-11H,3,6H2,1-2H3/t11-/m0/s1. The normalized spacial score (nSPS) is 12.3. The van der Waals surface area contributed by atoms with E-state index in [0.29, 0.717) is 0 Å². The molecule has 0 aliphatic carbocycles.